The highest BCUT2D eigenvalue weighted by molar-refractivity contribution is 6.03. The number of benzene rings is 1. The van der Waals surface area contributed by atoms with Crippen molar-refractivity contribution in [1.82, 2.24) is 9.97 Å². The van der Waals surface area contributed by atoms with Crippen molar-refractivity contribution >= 4 is 23.1 Å². The molecule has 6 heteroatoms. The van der Waals surface area contributed by atoms with Crippen molar-refractivity contribution in [3.05, 3.63) is 41.9 Å². The number of rotatable bonds is 8. The zero-order chi connectivity index (χ0) is 18.2. The van der Waals surface area contributed by atoms with E-state index in [0.717, 1.165) is 43.0 Å². The van der Waals surface area contributed by atoms with E-state index >= 15 is 0 Å². The van der Waals surface area contributed by atoms with Crippen molar-refractivity contribution in [3.63, 3.8) is 0 Å². The van der Waals surface area contributed by atoms with Crippen LogP contribution >= 0.6 is 0 Å². The van der Waals surface area contributed by atoms with Gasteiger partial charge in [-0.05, 0) is 51.0 Å². The first-order valence-corrected chi connectivity index (χ1v) is 8.81. The molecule has 0 radical (unpaired) electrons. The second-order valence-electron chi connectivity index (χ2n) is 5.84. The summed E-state index contributed by atoms with van der Waals surface area (Å²) in [4.78, 5) is 23.1. The molecule has 0 saturated heterocycles. The fraction of sp³-hybridized carbons (Fsp3) is 0.421. The number of aromatic nitrogens is 2. The van der Waals surface area contributed by atoms with Crippen molar-refractivity contribution in [1.29, 1.82) is 0 Å². The molecule has 1 aromatic carbocycles. The predicted octanol–water partition coefficient (Wildman–Crippen LogP) is 3.71. The fourth-order valence-corrected chi connectivity index (χ4v) is 2.55. The maximum absolute atomic E-state index is 12.4. The number of amides is 1. The zero-order valence-corrected chi connectivity index (χ0v) is 15.5. The van der Waals surface area contributed by atoms with E-state index in [9.17, 15) is 4.79 Å². The quantitative estimate of drug-likeness (QED) is 0.766. The van der Waals surface area contributed by atoms with Crippen molar-refractivity contribution in [2.24, 2.45) is 0 Å². The van der Waals surface area contributed by atoms with Gasteiger partial charge in [-0.1, -0.05) is 6.92 Å². The van der Waals surface area contributed by atoms with Crippen LogP contribution in [0.3, 0.4) is 0 Å². The van der Waals surface area contributed by atoms with Crippen LogP contribution in [0.1, 0.15) is 43.2 Å². The summed E-state index contributed by atoms with van der Waals surface area (Å²) in [6.07, 6.45) is 4.08. The number of nitrogens with zero attached hydrogens (tertiary/aromatic N) is 3. The van der Waals surface area contributed by atoms with Gasteiger partial charge in [0.15, 0.2) is 0 Å². The lowest BCUT2D eigenvalue weighted by atomic mass is 10.1. The topological polar surface area (TPSA) is 70.2 Å². The molecule has 0 saturated carbocycles. The van der Waals surface area contributed by atoms with Gasteiger partial charge in [-0.25, -0.2) is 9.97 Å². The minimum atomic E-state index is -0.256. The van der Waals surface area contributed by atoms with Gasteiger partial charge < -0.3 is 15.5 Å². The number of hydrogen-bond donors (Lipinski definition) is 2. The lowest BCUT2D eigenvalue weighted by Crippen LogP contribution is -2.22. The minimum absolute atomic E-state index is 0.256. The van der Waals surface area contributed by atoms with Crippen molar-refractivity contribution in [2.45, 2.75) is 34.1 Å². The zero-order valence-electron chi connectivity index (χ0n) is 15.5. The van der Waals surface area contributed by atoms with E-state index in [0.29, 0.717) is 11.5 Å². The summed E-state index contributed by atoms with van der Waals surface area (Å²) in [6.45, 7) is 11.1. The molecule has 134 valence electrons. The van der Waals surface area contributed by atoms with Crippen LogP contribution in [0.15, 0.2) is 30.6 Å². The van der Waals surface area contributed by atoms with Crippen LogP contribution in [0.5, 0.6) is 0 Å². The van der Waals surface area contributed by atoms with Crippen LogP contribution in [0.2, 0.25) is 0 Å². The first-order valence-electron chi connectivity index (χ1n) is 8.81. The summed E-state index contributed by atoms with van der Waals surface area (Å²) >= 11 is 0. The standard InChI is InChI=1S/C19H27N5O/c1-5-10-20-18-13-21-17(12-22-18)19(25)23-16-9-8-15(11-14(16)4)24(6-2)7-3/h8-9,11-13H,5-7,10H2,1-4H3,(H,20,22)(H,23,25). The summed E-state index contributed by atoms with van der Waals surface area (Å²) in [6, 6.07) is 6.05. The molecule has 1 amide bonds. The minimum Gasteiger partial charge on any atom is -0.372 e. The summed E-state index contributed by atoms with van der Waals surface area (Å²) < 4.78 is 0. The molecular formula is C19H27N5O. The van der Waals surface area contributed by atoms with E-state index in [4.69, 9.17) is 0 Å². The number of nitrogens with one attached hydrogen (secondary N) is 2. The Kier molecular flexibility index (Phi) is 6.74. The normalized spacial score (nSPS) is 10.4. The van der Waals surface area contributed by atoms with Crippen molar-refractivity contribution in [2.75, 3.05) is 35.2 Å². The second kappa shape index (κ2) is 9.01. The maximum Gasteiger partial charge on any atom is 0.275 e. The van der Waals surface area contributed by atoms with E-state index in [1.165, 1.54) is 6.20 Å². The van der Waals surface area contributed by atoms with Gasteiger partial charge in [0.05, 0.1) is 12.4 Å². The van der Waals surface area contributed by atoms with Gasteiger partial charge >= 0.3 is 0 Å². The summed E-state index contributed by atoms with van der Waals surface area (Å²) in [5.74, 6) is 0.423. The third-order valence-corrected chi connectivity index (χ3v) is 4.03. The number of aryl methyl sites for hydroxylation is 1. The Hall–Kier alpha value is -2.63. The summed E-state index contributed by atoms with van der Waals surface area (Å²) in [5.41, 5.74) is 3.27. The Morgan fingerprint density at radius 1 is 1.12 bits per heavy atom. The van der Waals surface area contributed by atoms with E-state index in [-0.39, 0.29) is 5.91 Å². The van der Waals surface area contributed by atoms with E-state index < -0.39 is 0 Å². The fourth-order valence-electron chi connectivity index (χ4n) is 2.55. The van der Waals surface area contributed by atoms with Crippen LogP contribution in [-0.2, 0) is 0 Å². The van der Waals surface area contributed by atoms with E-state index in [1.807, 2.05) is 19.1 Å². The van der Waals surface area contributed by atoms with Crippen LogP contribution in [0.25, 0.3) is 0 Å². The Balaban J connectivity index is 2.07. The Labute approximate surface area is 149 Å². The first-order chi connectivity index (χ1) is 12.1. The van der Waals surface area contributed by atoms with Gasteiger partial charge in [0.2, 0.25) is 0 Å². The molecule has 0 unspecified atom stereocenters. The SMILES string of the molecule is CCCNc1cnc(C(=O)Nc2ccc(N(CC)CC)cc2C)cn1. The van der Waals surface area contributed by atoms with Gasteiger partial charge in [0.1, 0.15) is 11.5 Å². The number of anilines is 3. The van der Waals surface area contributed by atoms with Crippen LogP contribution in [0.4, 0.5) is 17.2 Å². The molecule has 0 bridgehead atoms. The Bertz CT molecular complexity index is 695. The third-order valence-electron chi connectivity index (χ3n) is 4.03. The average Bonchev–Trinajstić information content (AvgIpc) is 2.63. The molecule has 1 aromatic heterocycles. The van der Waals surface area contributed by atoms with E-state index in [2.05, 4.69) is 52.3 Å². The lowest BCUT2D eigenvalue weighted by Gasteiger charge is -2.22. The van der Waals surface area contributed by atoms with Crippen molar-refractivity contribution in [3.8, 4) is 0 Å². The highest BCUT2D eigenvalue weighted by Crippen LogP contribution is 2.23. The van der Waals surface area contributed by atoms with Gasteiger partial charge in [-0.3, -0.25) is 4.79 Å². The van der Waals surface area contributed by atoms with Crippen LogP contribution < -0.4 is 15.5 Å². The largest absolute Gasteiger partial charge is 0.372 e. The molecule has 0 aliphatic carbocycles. The molecule has 1 heterocycles. The van der Waals surface area contributed by atoms with Gasteiger partial charge in [-0.2, -0.15) is 0 Å². The molecule has 0 atom stereocenters. The molecular weight excluding hydrogens is 314 g/mol. The maximum atomic E-state index is 12.4. The van der Waals surface area contributed by atoms with Gasteiger partial charge in [-0.15, -0.1) is 0 Å². The average molecular weight is 341 g/mol. The number of carbonyl (C=O) groups excluding carboxylic acids is 1. The van der Waals surface area contributed by atoms with Gasteiger partial charge in [0, 0.05) is 31.0 Å². The highest BCUT2D eigenvalue weighted by atomic mass is 16.1. The summed E-state index contributed by atoms with van der Waals surface area (Å²) in [7, 11) is 0. The lowest BCUT2D eigenvalue weighted by molar-refractivity contribution is 0.102. The molecule has 2 aromatic rings. The predicted molar refractivity (Wildman–Crippen MR) is 104 cm³/mol. The molecule has 0 spiro atoms. The van der Waals surface area contributed by atoms with Crippen LogP contribution in [-0.4, -0.2) is 35.5 Å². The summed E-state index contributed by atoms with van der Waals surface area (Å²) in [5, 5.41) is 6.05. The molecule has 0 fully saturated rings. The molecule has 2 rings (SSSR count). The third kappa shape index (κ3) is 4.92. The Morgan fingerprint density at radius 2 is 1.88 bits per heavy atom. The number of hydrogen-bond acceptors (Lipinski definition) is 5. The van der Waals surface area contributed by atoms with E-state index in [1.54, 1.807) is 6.20 Å². The second-order valence-corrected chi connectivity index (χ2v) is 5.84. The molecule has 2 N–H and O–H groups in total. The van der Waals surface area contributed by atoms with Gasteiger partial charge in [0.25, 0.3) is 5.91 Å². The number of carbonyl (C=O) groups is 1. The smallest absolute Gasteiger partial charge is 0.275 e. The molecule has 25 heavy (non-hydrogen) atoms. The first kappa shape index (κ1) is 18.7. The van der Waals surface area contributed by atoms with Crippen LogP contribution in [0, 0.1) is 6.92 Å². The van der Waals surface area contributed by atoms with Crippen molar-refractivity contribution < 1.29 is 4.79 Å². The highest BCUT2D eigenvalue weighted by Gasteiger charge is 2.11. The molecule has 0 aliphatic rings. The Morgan fingerprint density at radius 3 is 2.44 bits per heavy atom. The monoisotopic (exact) mass is 341 g/mol. The molecule has 0 aliphatic heterocycles. The molecule has 6 nitrogen and oxygen atoms in total.